The van der Waals surface area contributed by atoms with E-state index in [9.17, 15) is 0 Å². The minimum Gasteiger partial charge on any atom is -0.360 e. The summed E-state index contributed by atoms with van der Waals surface area (Å²) in [6.45, 7) is 11.8. The number of aryl methyl sites for hydroxylation is 4. The van der Waals surface area contributed by atoms with Gasteiger partial charge in [0, 0.05) is 21.6 Å². The monoisotopic (exact) mass is 682 g/mol. The van der Waals surface area contributed by atoms with Gasteiger partial charge in [0.15, 0.2) is 0 Å². The Balaban J connectivity index is 0.855. The van der Waals surface area contributed by atoms with E-state index in [0.29, 0.717) is 0 Å². The average Bonchev–Trinajstić information content (AvgIpc) is 3.62. The highest BCUT2D eigenvalue weighted by atomic mass is 15.4. The van der Waals surface area contributed by atoms with Crippen molar-refractivity contribution in [1.82, 2.24) is 9.13 Å². The van der Waals surface area contributed by atoms with Crippen LogP contribution in [-0.2, 0) is 28.2 Å². The lowest BCUT2D eigenvalue weighted by atomic mass is 10.1. The van der Waals surface area contributed by atoms with Gasteiger partial charge in [-0.2, -0.15) is 0 Å². The van der Waals surface area contributed by atoms with E-state index in [0.717, 1.165) is 49.5 Å². The Morgan fingerprint density at radius 3 is 1.22 bits per heavy atom. The number of benzene rings is 2. The summed E-state index contributed by atoms with van der Waals surface area (Å²) in [5.74, 6) is 1.65. The Kier molecular flexibility index (Phi) is 11.1. The molecular formula is C38H58N12+4. The summed E-state index contributed by atoms with van der Waals surface area (Å²) in [6.07, 6.45) is 13.3. The second-order valence-corrected chi connectivity index (χ2v) is 15.0. The van der Waals surface area contributed by atoms with Crippen LogP contribution < -0.4 is 18.9 Å². The Bertz CT molecular complexity index is 1570. The summed E-state index contributed by atoms with van der Waals surface area (Å²) in [6, 6.07) is 17.1. The minimum atomic E-state index is 0.824. The highest BCUT2D eigenvalue weighted by Gasteiger charge is 2.30. The molecule has 2 aromatic carbocycles. The lowest BCUT2D eigenvalue weighted by Crippen LogP contribution is -2.57. The predicted molar refractivity (Wildman–Crippen MR) is 199 cm³/mol. The number of piperazine rings is 2. The Morgan fingerprint density at radius 2 is 0.900 bits per heavy atom. The first kappa shape index (κ1) is 35.4. The van der Waals surface area contributed by atoms with E-state index < -0.39 is 0 Å². The molecule has 0 radical (unpaired) electrons. The van der Waals surface area contributed by atoms with Crippen LogP contribution in [0.5, 0.6) is 0 Å². The van der Waals surface area contributed by atoms with Crippen molar-refractivity contribution in [3.05, 3.63) is 73.3 Å². The van der Waals surface area contributed by atoms with Gasteiger partial charge in [-0.05, 0) is 74.2 Å². The fourth-order valence-electron chi connectivity index (χ4n) is 7.31. The number of likely N-dealkylation sites (N-methyl/N-ethyl adjacent to an activating group) is 2. The van der Waals surface area contributed by atoms with E-state index in [1.165, 1.54) is 85.3 Å². The molecule has 0 bridgehead atoms. The van der Waals surface area contributed by atoms with Crippen molar-refractivity contribution < 1.29 is 18.1 Å². The van der Waals surface area contributed by atoms with Crippen LogP contribution in [0.1, 0.15) is 25.7 Å². The molecule has 12 nitrogen and oxygen atoms in total. The molecule has 50 heavy (non-hydrogen) atoms. The molecule has 0 aliphatic carbocycles. The SMILES string of the molecule is Cn1cc[n+](C)c1/N=N/c1ccc(N2CC[N+](C)(CCCCCC[N+]3(C)CCN(c4ccc(/N=N/c5n(C)cc[n+]5C)cc4)CC3)CC2)cc1. The second-order valence-electron chi connectivity index (χ2n) is 15.0. The van der Waals surface area contributed by atoms with Gasteiger partial charge < -0.3 is 18.8 Å². The van der Waals surface area contributed by atoms with E-state index in [-0.39, 0.29) is 0 Å². The van der Waals surface area contributed by atoms with Gasteiger partial charge in [0.25, 0.3) is 0 Å². The first-order valence-electron chi connectivity index (χ1n) is 18.3. The van der Waals surface area contributed by atoms with Crippen LogP contribution in [0.25, 0.3) is 0 Å². The molecule has 4 heterocycles. The molecule has 12 heteroatoms. The molecular weight excluding hydrogens is 625 g/mol. The molecule has 2 aliphatic rings. The standard InChI is InChI=1S/C38H58N12/c1-43-19-20-44(2)37(43)41-39-33-11-15-35(16-12-33)47-23-29-49(5,30-24-47)27-9-7-8-10-28-50(6)31-25-48(26-32-50)36-17-13-34(14-18-36)40-42-38-45(3)21-22-46(38)4/h11-22H,7-10,23-32H2,1-6H3/q+4. The van der Waals surface area contributed by atoms with E-state index >= 15 is 0 Å². The third kappa shape index (κ3) is 8.83. The third-order valence-electron chi connectivity index (χ3n) is 11.0. The second kappa shape index (κ2) is 15.6. The highest BCUT2D eigenvalue weighted by molar-refractivity contribution is 5.54. The zero-order valence-corrected chi connectivity index (χ0v) is 31.2. The molecule has 0 N–H and O–H groups in total. The number of hydrogen-bond acceptors (Lipinski definition) is 6. The molecule has 0 spiro atoms. The van der Waals surface area contributed by atoms with Crippen LogP contribution in [0, 0.1) is 0 Å². The van der Waals surface area contributed by atoms with Gasteiger partial charge in [-0.3, -0.25) is 0 Å². The molecule has 2 fully saturated rings. The molecule has 2 aromatic heterocycles. The molecule has 4 aromatic rings. The molecule has 0 atom stereocenters. The molecule has 266 valence electrons. The van der Waals surface area contributed by atoms with E-state index in [2.05, 4.69) is 92.9 Å². The smallest absolute Gasteiger partial charge is 0.360 e. The van der Waals surface area contributed by atoms with Gasteiger partial charge in [0.05, 0.1) is 133 Å². The highest BCUT2D eigenvalue weighted by Crippen LogP contribution is 2.26. The largest absolute Gasteiger partial charge is 0.421 e. The van der Waals surface area contributed by atoms with Crippen molar-refractivity contribution >= 4 is 34.6 Å². The first-order valence-corrected chi connectivity index (χ1v) is 18.3. The van der Waals surface area contributed by atoms with Crippen molar-refractivity contribution in [3.63, 3.8) is 0 Å². The van der Waals surface area contributed by atoms with E-state index in [1.54, 1.807) is 0 Å². The van der Waals surface area contributed by atoms with Gasteiger partial charge in [-0.25, -0.2) is 18.3 Å². The maximum absolute atomic E-state index is 4.45. The molecule has 2 saturated heterocycles. The molecule has 2 aliphatic heterocycles. The number of azo groups is 2. The number of hydrogen-bond donors (Lipinski definition) is 0. The number of nitrogens with zero attached hydrogens (tertiary/aromatic N) is 12. The first-order chi connectivity index (χ1) is 24.1. The van der Waals surface area contributed by atoms with Crippen molar-refractivity contribution in [2.24, 2.45) is 48.6 Å². The lowest BCUT2D eigenvalue weighted by Gasteiger charge is -2.43. The van der Waals surface area contributed by atoms with Crippen LogP contribution in [0.2, 0.25) is 0 Å². The van der Waals surface area contributed by atoms with Crippen molar-refractivity contribution in [3.8, 4) is 0 Å². The Labute approximate surface area is 298 Å². The number of quaternary nitrogens is 2. The summed E-state index contributed by atoms with van der Waals surface area (Å²) in [7, 11) is 12.8. The van der Waals surface area contributed by atoms with Crippen LogP contribution in [0.15, 0.2) is 93.8 Å². The van der Waals surface area contributed by atoms with Gasteiger partial charge in [-0.15, -0.1) is 0 Å². The maximum Gasteiger partial charge on any atom is 0.421 e. The number of aromatic nitrogens is 4. The maximum atomic E-state index is 4.45. The fraction of sp³-hybridized carbons (Fsp3) is 0.526. The zero-order chi connectivity index (χ0) is 35.1. The number of rotatable bonds is 13. The van der Waals surface area contributed by atoms with Gasteiger partial charge in [0.1, 0.15) is 11.4 Å². The number of unbranched alkanes of at least 4 members (excludes halogenated alkanes) is 3. The van der Waals surface area contributed by atoms with Crippen LogP contribution in [0.4, 0.5) is 34.6 Å². The summed E-state index contributed by atoms with van der Waals surface area (Å²) < 4.78 is 10.3. The molecule has 0 amide bonds. The Hall–Kier alpha value is -4.42. The minimum absolute atomic E-state index is 0.824. The van der Waals surface area contributed by atoms with Gasteiger partial charge >= 0.3 is 11.9 Å². The fourth-order valence-corrected chi connectivity index (χ4v) is 7.31. The van der Waals surface area contributed by atoms with Gasteiger partial charge in [0.2, 0.25) is 0 Å². The van der Waals surface area contributed by atoms with Crippen molar-refractivity contribution in [2.75, 3.05) is 89.3 Å². The number of anilines is 2. The van der Waals surface area contributed by atoms with Crippen LogP contribution >= 0.6 is 0 Å². The van der Waals surface area contributed by atoms with Gasteiger partial charge in [-0.1, -0.05) is 10.2 Å². The van der Waals surface area contributed by atoms with E-state index in [1.807, 2.05) is 71.2 Å². The average molecular weight is 683 g/mol. The lowest BCUT2D eigenvalue weighted by molar-refractivity contribution is -0.910. The summed E-state index contributed by atoms with van der Waals surface area (Å²) in [5.41, 5.74) is 4.33. The summed E-state index contributed by atoms with van der Waals surface area (Å²) >= 11 is 0. The van der Waals surface area contributed by atoms with Crippen LogP contribution in [-0.4, -0.2) is 97.6 Å². The normalized spacial score (nSPS) is 17.7. The quantitative estimate of drug-likeness (QED) is 0.0793. The topological polar surface area (TPSA) is 73.5 Å². The van der Waals surface area contributed by atoms with Crippen LogP contribution in [0.3, 0.4) is 0 Å². The predicted octanol–water partition coefficient (Wildman–Crippen LogP) is 5.64. The summed E-state index contributed by atoms with van der Waals surface area (Å²) in [5, 5.41) is 17.7. The zero-order valence-electron chi connectivity index (χ0n) is 31.2. The Morgan fingerprint density at radius 1 is 0.540 bits per heavy atom. The summed E-state index contributed by atoms with van der Waals surface area (Å²) in [4.78, 5) is 5.05. The van der Waals surface area contributed by atoms with Crippen molar-refractivity contribution in [1.29, 1.82) is 0 Å². The third-order valence-corrected chi connectivity index (χ3v) is 11.0. The molecule has 0 unspecified atom stereocenters. The molecule has 6 rings (SSSR count). The van der Waals surface area contributed by atoms with Crippen molar-refractivity contribution in [2.45, 2.75) is 25.7 Å². The van der Waals surface area contributed by atoms with E-state index in [4.69, 9.17) is 0 Å². The molecule has 0 saturated carbocycles. The number of imidazole rings is 2.